The molecule has 1 aliphatic heterocycles. The predicted octanol–water partition coefficient (Wildman–Crippen LogP) is 4.28. The maximum Gasteiger partial charge on any atom is 0.0652 e. The van der Waals surface area contributed by atoms with Crippen LogP contribution in [0.3, 0.4) is 0 Å². The molecule has 1 saturated heterocycles. The van der Waals surface area contributed by atoms with Crippen LogP contribution >= 0.6 is 23.2 Å². The molecule has 2 nitrogen and oxygen atoms in total. The summed E-state index contributed by atoms with van der Waals surface area (Å²) in [5.74, 6) is 0. The number of nitrogens with zero attached hydrogens (tertiary/aromatic N) is 1. The largest absolute Gasteiger partial charge is 0.384 e. The Hall–Kier alpha value is -0.440. The van der Waals surface area contributed by atoms with Gasteiger partial charge in [0, 0.05) is 11.6 Å². The smallest absolute Gasteiger partial charge is 0.0652 e. The Morgan fingerprint density at radius 1 is 1.11 bits per heavy atom. The first-order valence-corrected chi connectivity index (χ1v) is 7.42. The van der Waals surface area contributed by atoms with E-state index in [9.17, 15) is 0 Å². The van der Waals surface area contributed by atoms with Crippen LogP contribution in [0.25, 0.3) is 0 Å². The van der Waals surface area contributed by atoms with E-state index in [0.29, 0.717) is 10.0 Å². The zero-order chi connectivity index (χ0) is 12.8. The molecule has 0 atom stereocenters. The minimum atomic E-state index is 0.680. The summed E-state index contributed by atoms with van der Waals surface area (Å²) in [6, 6.07) is 5.57. The van der Waals surface area contributed by atoms with Crippen molar-refractivity contribution in [3.05, 3.63) is 28.2 Å². The Balaban J connectivity index is 1.68. The van der Waals surface area contributed by atoms with Gasteiger partial charge in [0.05, 0.1) is 10.7 Å². The number of nitrogens with one attached hydrogen (secondary N) is 1. The van der Waals surface area contributed by atoms with E-state index in [0.717, 1.165) is 18.7 Å². The van der Waals surface area contributed by atoms with E-state index in [1.54, 1.807) is 6.07 Å². The quantitative estimate of drug-likeness (QED) is 0.813. The van der Waals surface area contributed by atoms with Crippen LogP contribution in [0.1, 0.15) is 25.7 Å². The van der Waals surface area contributed by atoms with Crippen molar-refractivity contribution >= 4 is 28.9 Å². The SMILES string of the molecule is Clc1ccc(NCCCN2CCCCC2)c(Cl)c1. The predicted molar refractivity (Wildman–Crippen MR) is 79.9 cm³/mol. The highest BCUT2D eigenvalue weighted by molar-refractivity contribution is 6.36. The molecule has 1 aromatic rings. The Labute approximate surface area is 119 Å². The van der Waals surface area contributed by atoms with Gasteiger partial charge in [-0.05, 0) is 57.1 Å². The monoisotopic (exact) mass is 286 g/mol. The van der Waals surface area contributed by atoms with Crippen molar-refractivity contribution in [1.82, 2.24) is 4.90 Å². The summed E-state index contributed by atoms with van der Waals surface area (Å²) in [5.41, 5.74) is 0.972. The van der Waals surface area contributed by atoms with E-state index in [2.05, 4.69) is 10.2 Å². The minimum absolute atomic E-state index is 0.680. The number of anilines is 1. The first kappa shape index (κ1) is 14.0. The molecular formula is C14H20Cl2N2. The van der Waals surface area contributed by atoms with Gasteiger partial charge in [-0.1, -0.05) is 29.6 Å². The van der Waals surface area contributed by atoms with Crippen molar-refractivity contribution in [2.75, 3.05) is 31.5 Å². The molecule has 0 radical (unpaired) electrons. The lowest BCUT2D eigenvalue weighted by atomic mass is 10.1. The van der Waals surface area contributed by atoms with Crippen LogP contribution in [0.2, 0.25) is 10.0 Å². The van der Waals surface area contributed by atoms with Crippen LogP contribution in [0, 0.1) is 0 Å². The first-order chi connectivity index (χ1) is 8.75. The van der Waals surface area contributed by atoms with E-state index >= 15 is 0 Å². The molecule has 1 aromatic carbocycles. The maximum atomic E-state index is 6.10. The summed E-state index contributed by atoms with van der Waals surface area (Å²) in [6.07, 6.45) is 5.26. The number of hydrogen-bond donors (Lipinski definition) is 1. The number of rotatable bonds is 5. The lowest BCUT2D eigenvalue weighted by Crippen LogP contribution is -2.31. The second-order valence-electron chi connectivity index (χ2n) is 4.81. The molecule has 2 rings (SSSR count). The zero-order valence-electron chi connectivity index (χ0n) is 10.6. The van der Waals surface area contributed by atoms with Crippen LogP contribution in [0.15, 0.2) is 18.2 Å². The summed E-state index contributed by atoms with van der Waals surface area (Å²) < 4.78 is 0. The van der Waals surface area contributed by atoms with Crippen LogP contribution in [-0.2, 0) is 0 Å². The molecule has 1 aliphatic rings. The lowest BCUT2D eigenvalue weighted by Gasteiger charge is -2.26. The Morgan fingerprint density at radius 2 is 1.89 bits per heavy atom. The van der Waals surface area contributed by atoms with Crippen molar-refractivity contribution < 1.29 is 0 Å². The summed E-state index contributed by atoms with van der Waals surface area (Å²) in [4.78, 5) is 2.55. The van der Waals surface area contributed by atoms with Crippen molar-refractivity contribution in [1.29, 1.82) is 0 Å². The lowest BCUT2D eigenvalue weighted by molar-refractivity contribution is 0.228. The summed E-state index contributed by atoms with van der Waals surface area (Å²) in [6.45, 7) is 4.67. The summed E-state index contributed by atoms with van der Waals surface area (Å²) in [5, 5.41) is 4.74. The van der Waals surface area contributed by atoms with E-state index in [1.165, 1.54) is 38.9 Å². The number of halogens is 2. The highest BCUT2D eigenvalue weighted by Crippen LogP contribution is 2.25. The van der Waals surface area contributed by atoms with E-state index < -0.39 is 0 Å². The van der Waals surface area contributed by atoms with Gasteiger partial charge in [-0.25, -0.2) is 0 Å². The number of hydrogen-bond acceptors (Lipinski definition) is 2. The normalized spacial score (nSPS) is 16.8. The Morgan fingerprint density at radius 3 is 2.61 bits per heavy atom. The van der Waals surface area contributed by atoms with Crippen molar-refractivity contribution in [3.63, 3.8) is 0 Å². The van der Waals surface area contributed by atoms with Gasteiger partial charge in [0.15, 0.2) is 0 Å². The fourth-order valence-corrected chi connectivity index (χ4v) is 2.82. The van der Waals surface area contributed by atoms with Crippen LogP contribution < -0.4 is 5.32 Å². The zero-order valence-corrected chi connectivity index (χ0v) is 12.1. The molecule has 1 fully saturated rings. The van der Waals surface area contributed by atoms with Crippen LogP contribution in [0.5, 0.6) is 0 Å². The van der Waals surface area contributed by atoms with Gasteiger partial charge in [-0.2, -0.15) is 0 Å². The average molecular weight is 287 g/mol. The van der Waals surface area contributed by atoms with Crippen molar-refractivity contribution in [2.24, 2.45) is 0 Å². The Kier molecular flexibility index (Phi) is 5.61. The molecule has 0 saturated carbocycles. The molecule has 0 aliphatic carbocycles. The molecule has 1 N–H and O–H groups in total. The fraction of sp³-hybridized carbons (Fsp3) is 0.571. The van der Waals surface area contributed by atoms with E-state index in [1.807, 2.05) is 12.1 Å². The third-order valence-corrected chi connectivity index (χ3v) is 3.89. The van der Waals surface area contributed by atoms with Crippen molar-refractivity contribution in [3.8, 4) is 0 Å². The molecule has 4 heteroatoms. The first-order valence-electron chi connectivity index (χ1n) is 6.67. The third kappa shape index (κ3) is 4.34. The van der Waals surface area contributed by atoms with E-state index in [4.69, 9.17) is 23.2 Å². The molecule has 0 unspecified atom stereocenters. The Bertz CT molecular complexity index is 376. The van der Waals surface area contributed by atoms with Gasteiger partial charge in [-0.3, -0.25) is 0 Å². The summed E-state index contributed by atoms with van der Waals surface area (Å²) in [7, 11) is 0. The second-order valence-corrected chi connectivity index (χ2v) is 5.65. The highest BCUT2D eigenvalue weighted by Gasteiger charge is 2.08. The molecular weight excluding hydrogens is 267 g/mol. The number of piperidine rings is 1. The molecule has 0 aromatic heterocycles. The molecule has 0 amide bonds. The number of likely N-dealkylation sites (tertiary alicyclic amines) is 1. The molecule has 0 spiro atoms. The molecule has 18 heavy (non-hydrogen) atoms. The minimum Gasteiger partial charge on any atom is -0.384 e. The standard InChI is InChI=1S/C14H20Cl2N2/c15-12-5-6-14(13(16)11-12)17-7-4-10-18-8-2-1-3-9-18/h5-6,11,17H,1-4,7-10H2. The van der Waals surface area contributed by atoms with Gasteiger partial charge >= 0.3 is 0 Å². The third-order valence-electron chi connectivity index (χ3n) is 3.35. The topological polar surface area (TPSA) is 15.3 Å². The molecule has 0 bridgehead atoms. The fourth-order valence-electron chi connectivity index (χ4n) is 2.34. The van der Waals surface area contributed by atoms with Gasteiger partial charge in [0.25, 0.3) is 0 Å². The van der Waals surface area contributed by atoms with Gasteiger partial charge < -0.3 is 10.2 Å². The maximum absolute atomic E-state index is 6.10. The van der Waals surface area contributed by atoms with Gasteiger partial charge in [-0.15, -0.1) is 0 Å². The van der Waals surface area contributed by atoms with Crippen LogP contribution in [0.4, 0.5) is 5.69 Å². The van der Waals surface area contributed by atoms with Gasteiger partial charge in [0.2, 0.25) is 0 Å². The summed E-state index contributed by atoms with van der Waals surface area (Å²) >= 11 is 12.0. The highest BCUT2D eigenvalue weighted by atomic mass is 35.5. The molecule has 1 heterocycles. The van der Waals surface area contributed by atoms with Gasteiger partial charge in [0.1, 0.15) is 0 Å². The van der Waals surface area contributed by atoms with Crippen molar-refractivity contribution in [2.45, 2.75) is 25.7 Å². The average Bonchev–Trinajstić information content (AvgIpc) is 2.38. The number of benzene rings is 1. The second kappa shape index (κ2) is 7.22. The van der Waals surface area contributed by atoms with E-state index in [-0.39, 0.29) is 0 Å². The molecule has 100 valence electrons. The van der Waals surface area contributed by atoms with Crippen LogP contribution in [-0.4, -0.2) is 31.1 Å².